The largest absolute Gasteiger partial charge is 0.507 e. The van der Waals surface area contributed by atoms with Crippen LogP contribution in [0, 0.1) is 18.8 Å². The molecule has 7 N–H and O–H groups in total. The molecular weight excluding hydrogens is 1060 g/mol. The summed E-state index contributed by atoms with van der Waals surface area (Å²) >= 11 is 1.55. The minimum Gasteiger partial charge on any atom is -0.507 e. The number of para-hydroxylation sites is 1. The number of aliphatic hydroxyl groups is 1. The van der Waals surface area contributed by atoms with Gasteiger partial charge >= 0.3 is 0 Å². The molecule has 2 amide bonds. The normalized spacial score (nSPS) is 24.2. The lowest BCUT2D eigenvalue weighted by Crippen LogP contribution is -2.54. The molecule has 1 saturated carbocycles. The van der Waals surface area contributed by atoms with Gasteiger partial charge in [0, 0.05) is 119 Å². The highest BCUT2D eigenvalue weighted by atomic mass is 32.1. The number of ether oxygens (including phenoxy) is 2. The summed E-state index contributed by atoms with van der Waals surface area (Å²) in [6.07, 6.45) is 9.73. The van der Waals surface area contributed by atoms with Crippen molar-refractivity contribution in [2.45, 2.75) is 140 Å². The number of nitrogens with zero attached hydrogens (tertiary/aromatic N) is 10. The van der Waals surface area contributed by atoms with E-state index in [0.29, 0.717) is 52.4 Å². The Morgan fingerprint density at radius 3 is 2.33 bits per heavy atom. The van der Waals surface area contributed by atoms with E-state index in [2.05, 4.69) is 62.4 Å². The van der Waals surface area contributed by atoms with Gasteiger partial charge in [0.1, 0.15) is 23.8 Å². The Morgan fingerprint density at radius 2 is 1.61 bits per heavy atom. The summed E-state index contributed by atoms with van der Waals surface area (Å²) in [5.41, 5.74) is 21.2. The number of phenols is 1. The van der Waals surface area contributed by atoms with Crippen molar-refractivity contribution < 1.29 is 33.8 Å². The maximum absolute atomic E-state index is 14.4. The average Bonchev–Trinajstić information content (AvgIpc) is 3.95. The quantitative estimate of drug-likeness (QED) is 0.0552. The lowest BCUT2D eigenvalue weighted by molar-refractivity contribution is -0.141. The SMILES string of the molecule is Cc1ncsc1-c1ccc([C@H](C)NC(=O)[C@@H]2C[C@@H](O)CN2C(=O)[C@H](c2cc(N3CCC(CN4CCC(O[C@H]5C[C@H](Oc6cc(N7C8CCC7CN(c7cc(-c9ccccc9O)nnc7N)C8)ccn6)C5)CC4)CC3)no2)C(C)C)c(N)c1. The maximum Gasteiger partial charge on any atom is 0.243 e. The van der Waals surface area contributed by atoms with E-state index in [4.69, 9.17) is 25.5 Å². The summed E-state index contributed by atoms with van der Waals surface area (Å²) < 4.78 is 19.1. The van der Waals surface area contributed by atoms with Crippen molar-refractivity contribution in [2.75, 3.05) is 78.5 Å². The number of rotatable bonds is 17. The van der Waals surface area contributed by atoms with E-state index >= 15 is 0 Å². The summed E-state index contributed by atoms with van der Waals surface area (Å²) in [6, 6.07) is 20.3. The molecule has 4 aromatic heterocycles. The number of nitrogen functional groups attached to an aromatic ring is 2. The first-order valence-electron chi connectivity index (χ1n) is 29.4. The van der Waals surface area contributed by atoms with Crippen LogP contribution >= 0.6 is 11.3 Å². The van der Waals surface area contributed by atoms with Crippen molar-refractivity contribution in [3.63, 3.8) is 0 Å². The van der Waals surface area contributed by atoms with Gasteiger partial charge in [0.25, 0.3) is 0 Å². The number of nitrogens with one attached hydrogen (secondary N) is 1. The van der Waals surface area contributed by atoms with Crippen LogP contribution in [-0.4, -0.2) is 152 Å². The number of amides is 2. The first kappa shape index (κ1) is 55.5. The number of phenolic OH excluding ortho intramolecular Hbond substituents is 1. The van der Waals surface area contributed by atoms with Gasteiger partial charge in [-0.1, -0.05) is 43.3 Å². The monoisotopic (exact) mass is 1140 g/mol. The number of benzene rings is 2. The Hall–Kier alpha value is -7.07. The maximum atomic E-state index is 14.4. The third-order valence-corrected chi connectivity index (χ3v) is 19.1. The molecule has 12 rings (SSSR count). The van der Waals surface area contributed by atoms with E-state index in [0.717, 1.165) is 136 Å². The van der Waals surface area contributed by atoms with Crippen LogP contribution < -0.4 is 36.2 Å². The smallest absolute Gasteiger partial charge is 0.243 e. The van der Waals surface area contributed by atoms with Crippen LogP contribution in [0.4, 0.5) is 28.7 Å². The number of hydrogen-bond donors (Lipinski definition) is 5. The third kappa shape index (κ3) is 11.7. The second-order valence-corrected chi connectivity index (χ2v) is 24.9. The van der Waals surface area contributed by atoms with Crippen LogP contribution in [0.15, 0.2) is 83.0 Å². The number of thiazole rings is 1. The number of pyridine rings is 1. The molecule has 2 aromatic carbocycles. The van der Waals surface area contributed by atoms with Crippen molar-refractivity contribution in [1.29, 1.82) is 0 Å². The van der Waals surface area contributed by atoms with Gasteiger partial charge in [0.2, 0.25) is 17.7 Å². The molecule has 21 heteroatoms. The number of aromatic nitrogens is 5. The van der Waals surface area contributed by atoms with Crippen LogP contribution in [0.2, 0.25) is 0 Å². The van der Waals surface area contributed by atoms with E-state index in [1.165, 1.54) is 4.90 Å². The molecule has 2 bridgehead atoms. The number of carbonyl (C=O) groups is 2. The average molecular weight is 1140 g/mol. The van der Waals surface area contributed by atoms with E-state index in [-0.39, 0.29) is 54.8 Å². The van der Waals surface area contributed by atoms with Gasteiger partial charge in [-0.2, -0.15) is 0 Å². The molecule has 5 aliphatic heterocycles. The molecule has 20 nitrogen and oxygen atoms in total. The van der Waals surface area contributed by atoms with Gasteiger partial charge in [-0.15, -0.1) is 21.5 Å². The predicted octanol–water partition coefficient (Wildman–Crippen LogP) is 7.57. The topological polar surface area (TPSA) is 251 Å². The zero-order chi connectivity index (χ0) is 56.8. The number of carbonyl (C=O) groups excluding carboxylic acids is 2. The van der Waals surface area contributed by atoms with E-state index < -0.39 is 24.1 Å². The lowest BCUT2D eigenvalue weighted by Gasteiger charge is -2.43. The Kier molecular flexibility index (Phi) is 16.0. The molecule has 0 radical (unpaired) electrons. The second-order valence-electron chi connectivity index (χ2n) is 24.0. The standard InChI is InChI=1S/C61H77N13O7S/c1-35(2)57(61(78)73-33-43(75)25-52(73)60(77)66-36(3)47-12-9-39(23-49(47)62)58-37(4)65-34-82-58)54-29-55(69-81-54)71-21-14-38(15-22-71)30-70-19-16-44(17-20-70)79-45-26-46(27-45)80-56-24-40(13-18-64-56)74-41-10-11-42(74)32-72(31-41)51-28-50(67-68-59(51)63)48-7-5-6-8-53(48)76/h5-9,12-13,18,23-24,28-29,34-36,38,41-46,52,57,75-76H,10-11,14-17,19-22,25-27,30-33,62H2,1-4H3,(H2,63,68)(H,66,77)/t36-,41?,42?,43+,45-,46-,52-,57-/m0/s1. The van der Waals surface area contributed by atoms with Gasteiger partial charge < -0.3 is 65.5 Å². The predicted molar refractivity (Wildman–Crippen MR) is 316 cm³/mol. The number of piperidine rings is 2. The van der Waals surface area contributed by atoms with Crippen LogP contribution in [-0.2, 0) is 14.3 Å². The number of aryl methyl sites for hydroxylation is 1. The second kappa shape index (κ2) is 23.7. The van der Waals surface area contributed by atoms with Crippen molar-refractivity contribution in [3.8, 4) is 33.3 Å². The highest BCUT2D eigenvalue weighted by molar-refractivity contribution is 7.13. The Balaban J connectivity index is 0.567. The first-order valence-corrected chi connectivity index (χ1v) is 30.3. The van der Waals surface area contributed by atoms with Crippen LogP contribution in [0.5, 0.6) is 11.6 Å². The van der Waals surface area contributed by atoms with Gasteiger partial charge in [-0.3, -0.25) is 9.59 Å². The number of β-amino-alcohol motifs (C(OH)–C–C–N with tert-alkyl or cyclic N) is 1. The highest BCUT2D eigenvalue weighted by Gasteiger charge is 2.45. The molecule has 2 unspecified atom stereocenters. The van der Waals surface area contributed by atoms with Crippen molar-refractivity contribution in [1.82, 2.24) is 40.4 Å². The molecule has 9 heterocycles. The van der Waals surface area contributed by atoms with Gasteiger partial charge in [-0.05, 0) is 106 Å². The number of fused-ring (bicyclic) bond motifs is 2. The van der Waals surface area contributed by atoms with E-state index in [9.17, 15) is 19.8 Å². The summed E-state index contributed by atoms with van der Waals surface area (Å²) in [5, 5.41) is 37.4. The summed E-state index contributed by atoms with van der Waals surface area (Å²) in [5.74, 6) is 1.56. The number of nitrogens with two attached hydrogens (primary N) is 2. The molecular formula is C61H77N13O7S. The Bertz CT molecular complexity index is 3210. The summed E-state index contributed by atoms with van der Waals surface area (Å²) in [4.78, 5) is 49.6. The zero-order valence-electron chi connectivity index (χ0n) is 47.3. The van der Waals surface area contributed by atoms with Crippen LogP contribution in [0.1, 0.15) is 108 Å². The van der Waals surface area contributed by atoms with Crippen molar-refractivity contribution in [2.24, 2.45) is 11.8 Å². The van der Waals surface area contributed by atoms with Gasteiger partial charge in [0.05, 0.1) is 51.8 Å². The third-order valence-electron chi connectivity index (χ3n) is 18.1. The molecule has 1 aliphatic carbocycles. The lowest BCUT2D eigenvalue weighted by atomic mass is 9.91. The molecule has 82 heavy (non-hydrogen) atoms. The Morgan fingerprint density at radius 1 is 0.841 bits per heavy atom. The number of likely N-dealkylation sites (tertiary alicyclic amines) is 2. The summed E-state index contributed by atoms with van der Waals surface area (Å²) in [7, 11) is 0. The van der Waals surface area contributed by atoms with E-state index in [1.54, 1.807) is 23.5 Å². The fourth-order valence-corrected chi connectivity index (χ4v) is 14.4. The Labute approximate surface area is 483 Å². The first-order chi connectivity index (χ1) is 39.7. The fraction of sp³-hybridized carbons (Fsp3) is 0.525. The zero-order valence-corrected chi connectivity index (χ0v) is 48.2. The minimum absolute atomic E-state index is 0.0588. The number of aromatic hydroxyl groups is 1. The molecule has 434 valence electrons. The van der Waals surface area contributed by atoms with E-state index in [1.807, 2.05) is 81.9 Å². The molecule has 5 saturated heterocycles. The molecule has 6 aromatic rings. The van der Waals surface area contributed by atoms with Gasteiger partial charge in [0.15, 0.2) is 17.4 Å². The fourth-order valence-electron chi connectivity index (χ4n) is 13.6. The van der Waals surface area contributed by atoms with Gasteiger partial charge in [-0.25, -0.2) is 9.97 Å². The van der Waals surface area contributed by atoms with Crippen LogP contribution in [0.3, 0.4) is 0 Å². The number of anilines is 5. The minimum atomic E-state index is -0.846. The number of aliphatic hydroxyl groups excluding tert-OH is 1. The molecule has 0 spiro atoms. The molecule has 6 aliphatic rings. The summed E-state index contributed by atoms with van der Waals surface area (Å²) in [6.45, 7) is 14.3. The highest BCUT2D eigenvalue weighted by Crippen LogP contribution is 2.41. The number of piperazine rings is 1. The number of hydrogen-bond acceptors (Lipinski definition) is 19. The van der Waals surface area contributed by atoms with Crippen molar-refractivity contribution >= 4 is 51.8 Å². The van der Waals surface area contributed by atoms with Crippen molar-refractivity contribution in [3.05, 3.63) is 95.5 Å². The molecule has 6 fully saturated rings. The van der Waals surface area contributed by atoms with Crippen LogP contribution in [0.25, 0.3) is 21.7 Å². The molecule has 6 atom stereocenters.